The fourth-order valence-electron chi connectivity index (χ4n) is 2.37. The second kappa shape index (κ2) is 5.30. The maximum Gasteiger partial charge on any atom is 0.133 e. The minimum Gasteiger partial charge on any atom is -0.506 e. The Bertz CT molecular complexity index is 323. The number of rotatable bonds is 3. The summed E-state index contributed by atoms with van der Waals surface area (Å²) in [6.45, 7) is 5.56. The number of piperidine rings is 1. The molecule has 2 rings (SSSR count). The van der Waals surface area contributed by atoms with Crippen molar-refractivity contribution in [1.82, 2.24) is 9.88 Å². The molecule has 16 heavy (non-hydrogen) atoms. The number of aromatic hydroxyl groups is 1. The Balaban J connectivity index is 1.91. The van der Waals surface area contributed by atoms with E-state index >= 15 is 0 Å². The zero-order valence-corrected chi connectivity index (χ0v) is 9.89. The molecule has 1 aromatic heterocycles. The molecule has 2 heterocycles. The van der Waals surface area contributed by atoms with Crippen LogP contribution in [-0.4, -0.2) is 28.1 Å². The van der Waals surface area contributed by atoms with E-state index in [2.05, 4.69) is 16.8 Å². The highest BCUT2D eigenvalue weighted by molar-refractivity contribution is 5.17. The summed E-state index contributed by atoms with van der Waals surface area (Å²) in [5.74, 6) is 1.10. The van der Waals surface area contributed by atoms with Gasteiger partial charge in [-0.2, -0.15) is 0 Å². The Hall–Kier alpha value is -1.09. The van der Waals surface area contributed by atoms with Gasteiger partial charge in [0.15, 0.2) is 0 Å². The molecular formula is C13H20N2O. The van der Waals surface area contributed by atoms with Crippen LogP contribution in [0.15, 0.2) is 18.3 Å². The Kier molecular flexibility index (Phi) is 3.78. The lowest BCUT2D eigenvalue weighted by Crippen LogP contribution is -2.34. The third-order valence-electron chi connectivity index (χ3n) is 3.38. The number of aromatic nitrogens is 1. The molecule has 1 N–H and O–H groups in total. The normalized spacial score (nSPS) is 22.2. The summed E-state index contributed by atoms with van der Waals surface area (Å²) in [6, 6.07) is 3.62. The van der Waals surface area contributed by atoms with E-state index in [0.717, 1.165) is 18.2 Å². The first-order valence-corrected chi connectivity index (χ1v) is 6.14. The topological polar surface area (TPSA) is 36.4 Å². The quantitative estimate of drug-likeness (QED) is 0.849. The molecule has 1 aliphatic heterocycles. The van der Waals surface area contributed by atoms with Gasteiger partial charge in [0.2, 0.25) is 0 Å². The molecule has 3 nitrogen and oxygen atoms in total. The van der Waals surface area contributed by atoms with Gasteiger partial charge >= 0.3 is 0 Å². The summed E-state index contributed by atoms with van der Waals surface area (Å²) in [6.07, 6.45) is 5.47. The van der Waals surface area contributed by atoms with E-state index in [1.165, 1.54) is 38.5 Å². The van der Waals surface area contributed by atoms with Crippen molar-refractivity contribution in [2.24, 2.45) is 5.92 Å². The Labute approximate surface area is 97.1 Å². The summed E-state index contributed by atoms with van der Waals surface area (Å²) < 4.78 is 0. The molecule has 0 aliphatic carbocycles. The second-order valence-corrected chi connectivity index (χ2v) is 4.66. The molecule has 88 valence electrons. The number of nitrogens with zero attached hydrogens (tertiary/aromatic N) is 2. The Morgan fingerprint density at radius 3 is 3.06 bits per heavy atom. The Morgan fingerprint density at radius 1 is 1.50 bits per heavy atom. The lowest BCUT2D eigenvalue weighted by molar-refractivity contribution is 0.163. The highest BCUT2D eigenvalue weighted by atomic mass is 16.3. The van der Waals surface area contributed by atoms with Gasteiger partial charge in [0, 0.05) is 13.1 Å². The highest BCUT2D eigenvalue weighted by Crippen LogP contribution is 2.20. The number of pyridine rings is 1. The summed E-state index contributed by atoms with van der Waals surface area (Å²) in [7, 11) is 0. The molecule has 0 aromatic carbocycles. The van der Waals surface area contributed by atoms with E-state index in [9.17, 15) is 0 Å². The minimum atomic E-state index is 0.244. The lowest BCUT2D eigenvalue weighted by Gasteiger charge is -2.31. The van der Waals surface area contributed by atoms with E-state index in [1.807, 2.05) is 6.07 Å². The van der Waals surface area contributed by atoms with E-state index < -0.39 is 0 Å². The van der Waals surface area contributed by atoms with Gasteiger partial charge in [0.1, 0.15) is 5.75 Å². The van der Waals surface area contributed by atoms with Crippen LogP contribution in [0, 0.1) is 5.92 Å². The standard InChI is InChI=1S/C13H20N2O/c1-2-11-4-3-7-15(9-11)10-12-5-6-13(16)8-14-12/h5-6,8,11,16H,2-4,7,9-10H2,1H3. The molecule has 0 bridgehead atoms. The summed E-state index contributed by atoms with van der Waals surface area (Å²) in [4.78, 5) is 6.70. The summed E-state index contributed by atoms with van der Waals surface area (Å²) in [5.41, 5.74) is 1.05. The van der Waals surface area contributed by atoms with Crippen molar-refractivity contribution in [3.05, 3.63) is 24.0 Å². The minimum absolute atomic E-state index is 0.244. The average Bonchev–Trinajstić information content (AvgIpc) is 2.32. The molecule has 1 aliphatic rings. The van der Waals surface area contributed by atoms with Crippen LogP contribution in [0.5, 0.6) is 5.75 Å². The van der Waals surface area contributed by atoms with E-state index in [1.54, 1.807) is 6.07 Å². The fraction of sp³-hybridized carbons (Fsp3) is 0.615. The van der Waals surface area contributed by atoms with Crippen molar-refractivity contribution >= 4 is 0 Å². The maximum absolute atomic E-state index is 9.17. The van der Waals surface area contributed by atoms with Crippen LogP contribution in [0.2, 0.25) is 0 Å². The second-order valence-electron chi connectivity index (χ2n) is 4.66. The zero-order chi connectivity index (χ0) is 11.4. The monoisotopic (exact) mass is 220 g/mol. The van der Waals surface area contributed by atoms with E-state index in [0.29, 0.717) is 0 Å². The molecule has 1 unspecified atom stereocenters. The molecule has 1 fully saturated rings. The highest BCUT2D eigenvalue weighted by Gasteiger charge is 2.18. The van der Waals surface area contributed by atoms with Crippen LogP contribution in [0.1, 0.15) is 31.9 Å². The molecule has 3 heteroatoms. The predicted octanol–water partition coefficient (Wildman–Crippen LogP) is 2.41. The van der Waals surface area contributed by atoms with Gasteiger partial charge in [-0.3, -0.25) is 9.88 Å². The van der Waals surface area contributed by atoms with Crippen molar-refractivity contribution in [3.63, 3.8) is 0 Å². The smallest absolute Gasteiger partial charge is 0.133 e. The van der Waals surface area contributed by atoms with Gasteiger partial charge in [-0.05, 0) is 37.4 Å². The van der Waals surface area contributed by atoms with Gasteiger partial charge in [0.05, 0.1) is 11.9 Å². The molecule has 0 saturated carbocycles. The predicted molar refractivity (Wildman–Crippen MR) is 64.2 cm³/mol. The molecule has 1 atom stereocenters. The van der Waals surface area contributed by atoms with Crippen molar-refractivity contribution in [3.8, 4) is 5.75 Å². The SMILES string of the molecule is CCC1CCCN(Cc2ccc(O)cn2)C1. The van der Waals surface area contributed by atoms with Crippen LogP contribution in [0.25, 0.3) is 0 Å². The molecule has 0 spiro atoms. The van der Waals surface area contributed by atoms with Gasteiger partial charge in [-0.25, -0.2) is 0 Å². The third kappa shape index (κ3) is 2.95. The average molecular weight is 220 g/mol. The van der Waals surface area contributed by atoms with Crippen LogP contribution in [0.4, 0.5) is 0 Å². The van der Waals surface area contributed by atoms with Gasteiger partial charge in [-0.15, -0.1) is 0 Å². The number of hydrogen-bond donors (Lipinski definition) is 1. The van der Waals surface area contributed by atoms with Crippen molar-refractivity contribution < 1.29 is 5.11 Å². The van der Waals surface area contributed by atoms with Crippen LogP contribution < -0.4 is 0 Å². The van der Waals surface area contributed by atoms with Crippen LogP contribution in [-0.2, 0) is 6.54 Å². The van der Waals surface area contributed by atoms with Crippen molar-refractivity contribution in [2.45, 2.75) is 32.7 Å². The van der Waals surface area contributed by atoms with Crippen LogP contribution in [0.3, 0.4) is 0 Å². The van der Waals surface area contributed by atoms with Gasteiger partial charge in [0.25, 0.3) is 0 Å². The van der Waals surface area contributed by atoms with Crippen molar-refractivity contribution in [2.75, 3.05) is 13.1 Å². The lowest BCUT2D eigenvalue weighted by atomic mass is 9.95. The largest absolute Gasteiger partial charge is 0.506 e. The first-order chi connectivity index (χ1) is 7.78. The third-order valence-corrected chi connectivity index (χ3v) is 3.38. The van der Waals surface area contributed by atoms with E-state index in [4.69, 9.17) is 5.11 Å². The number of hydrogen-bond acceptors (Lipinski definition) is 3. The van der Waals surface area contributed by atoms with Gasteiger partial charge in [-0.1, -0.05) is 13.3 Å². The molecule has 0 amide bonds. The number of likely N-dealkylation sites (tertiary alicyclic amines) is 1. The maximum atomic E-state index is 9.17. The molecule has 1 aromatic rings. The van der Waals surface area contributed by atoms with Crippen molar-refractivity contribution in [1.29, 1.82) is 0 Å². The fourth-order valence-corrected chi connectivity index (χ4v) is 2.37. The first kappa shape index (κ1) is 11.4. The van der Waals surface area contributed by atoms with Gasteiger partial charge < -0.3 is 5.11 Å². The molecule has 0 radical (unpaired) electrons. The van der Waals surface area contributed by atoms with E-state index in [-0.39, 0.29) is 5.75 Å². The molecular weight excluding hydrogens is 200 g/mol. The summed E-state index contributed by atoms with van der Waals surface area (Å²) >= 11 is 0. The first-order valence-electron chi connectivity index (χ1n) is 6.14. The molecule has 1 saturated heterocycles. The van der Waals surface area contributed by atoms with Crippen LogP contribution >= 0.6 is 0 Å². The summed E-state index contributed by atoms with van der Waals surface area (Å²) in [5, 5.41) is 9.17. The zero-order valence-electron chi connectivity index (χ0n) is 9.89. The Morgan fingerprint density at radius 2 is 2.38 bits per heavy atom.